The van der Waals surface area contributed by atoms with Gasteiger partial charge in [0.1, 0.15) is 5.82 Å². The minimum Gasteiger partial charge on any atom is -0.298 e. The maximum atomic E-state index is 10.5. The van der Waals surface area contributed by atoms with Crippen molar-refractivity contribution in [3.63, 3.8) is 0 Å². The van der Waals surface area contributed by atoms with Crippen molar-refractivity contribution in [1.82, 2.24) is 9.97 Å². The minimum absolute atomic E-state index is 0.509. The van der Waals surface area contributed by atoms with Gasteiger partial charge in [-0.2, -0.15) is 0 Å². The van der Waals surface area contributed by atoms with Crippen molar-refractivity contribution in [3.05, 3.63) is 53.6 Å². The summed E-state index contributed by atoms with van der Waals surface area (Å²) in [6.07, 6.45) is 3.85. The highest BCUT2D eigenvalue weighted by molar-refractivity contribution is 7.98. The monoisotopic (exact) mass is 244 g/mol. The summed E-state index contributed by atoms with van der Waals surface area (Å²) in [4.78, 5) is 20.0. The summed E-state index contributed by atoms with van der Waals surface area (Å²) in [6.45, 7) is 2.08. The third-order valence-electron chi connectivity index (χ3n) is 2.31. The lowest BCUT2D eigenvalue weighted by atomic mass is 10.2. The molecule has 1 heterocycles. The number of rotatable bonds is 4. The van der Waals surface area contributed by atoms with Gasteiger partial charge in [-0.1, -0.05) is 18.2 Å². The second kappa shape index (κ2) is 5.59. The van der Waals surface area contributed by atoms with Crippen LogP contribution in [0.2, 0.25) is 0 Å². The Hall–Kier alpha value is -1.68. The van der Waals surface area contributed by atoms with Crippen LogP contribution in [0, 0.1) is 6.92 Å². The molecule has 0 atom stereocenters. The first-order valence-corrected chi connectivity index (χ1v) is 6.22. The fourth-order valence-corrected chi connectivity index (χ4v) is 2.27. The Kier molecular flexibility index (Phi) is 3.88. The minimum atomic E-state index is 0.509. The highest BCUT2D eigenvalue weighted by Gasteiger charge is 2.01. The number of nitrogens with zero attached hydrogens (tertiary/aromatic N) is 2. The van der Waals surface area contributed by atoms with Crippen molar-refractivity contribution in [2.75, 3.05) is 0 Å². The molecule has 17 heavy (non-hydrogen) atoms. The number of thioether (sulfide) groups is 1. The predicted octanol–water partition coefficient (Wildman–Crippen LogP) is 2.89. The van der Waals surface area contributed by atoms with E-state index in [1.165, 1.54) is 10.5 Å². The SMILES string of the molecule is Cc1ccccc1SCc1ncc(C=O)cn1. The van der Waals surface area contributed by atoms with E-state index in [1.54, 1.807) is 24.2 Å². The molecule has 0 amide bonds. The van der Waals surface area contributed by atoms with Crippen LogP contribution in [-0.2, 0) is 5.75 Å². The number of aryl methyl sites for hydroxylation is 1. The van der Waals surface area contributed by atoms with Crippen molar-refractivity contribution < 1.29 is 4.79 Å². The molecule has 4 heteroatoms. The zero-order valence-corrected chi connectivity index (χ0v) is 10.3. The van der Waals surface area contributed by atoms with Gasteiger partial charge in [0, 0.05) is 17.3 Å². The summed E-state index contributed by atoms with van der Waals surface area (Å²) < 4.78 is 0. The first-order chi connectivity index (χ1) is 8.29. The van der Waals surface area contributed by atoms with Crippen LogP contribution in [0.1, 0.15) is 21.7 Å². The van der Waals surface area contributed by atoms with Crippen molar-refractivity contribution in [2.24, 2.45) is 0 Å². The van der Waals surface area contributed by atoms with Gasteiger partial charge in [0.2, 0.25) is 0 Å². The summed E-state index contributed by atoms with van der Waals surface area (Å²) in [5.41, 5.74) is 1.76. The van der Waals surface area contributed by atoms with E-state index < -0.39 is 0 Å². The first kappa shape index (κ1) is 11.8. The molecule has 2 rings (SSSR count). The lowest BCUT2D eigenvalue weighted by molar-refractivity contribution is 0.112. The second-order valence-corrected chi connectivity index (χ2v) is 4.62. The highest BCUT2D eigenvalue weighted by Crippen LogP contribution is 2.24. The topological polar surface area (TPSA) is 42.9 Å². The molecule has 0 fully saturated rings. The molecule has 0 radical (unpaired) electrons. The van der Waals surface area contributed by atoms with Gasteiger partial charge in [-0.25, -0.2) is 9.97 Å². The van der Waals surface area contributed by atoms with E-state index in [-0.39, 0.29) is 0 Å². The normalized spacial score (nSPS) is 10.2. The third kappa shape index (κ3) is 3.14. The van der Waals surface area contributed by atoms with Gasteiger partial charge in [-0.15, -0.1) is 11.8 Å². The van der Waals surface area contributed by atoms with E-state index >= 15 is 0 Å². The van der Waals surface area contributed by atoms with E-state index in [2.05, 4.69) is 29.0 Å². The molecular formula is C13H12N2OS. The molecule has 0 aliphatic carbocycles. The molecule has 0 aliphatic heterocycles. The van der Waals surface area contributed by atoms with Crippen molar-refractivity contribution in [1.29, 1.82) is 0 Å². The van der Waals surface area contributed by atoms with Crippen LogP contribution in [0.15, 0.2) is 41.6 Å². The van der Waals surface area contributed by atoms with Gasteiger partial charge in [-0.05, 0) is 18.6 Å². The van der Waals surface area contributed by atoms with Gasteiger partial charge < -0.3 is 0 Å². The zero-order valence-electron chi connectivity index (χ0n) is 9.46. The lowest BCUT2D eigenvalue weighted by Crippen LogP contribution is -1.94. The summed E-state index contributed by atoms with van der Waals surface area (Å²) in [7, 11) is 0. The van der Waals surface area contributed by atoms with Crippen LogP contribution in [0.5, 0.6) is 0 Å². The third-order valence-corrected chi connectivity index (χ3v) is 3.48. The summed E-state index contributed by atoms with van der Waals surface area (Å²) >= 11 is 1.70. The fourth-order valence-electron chi connectivity index (χ4n) is 1.36. The van der Waals surface area contributed by atoms with Gasteiger partial charge in [0.15, 0.2) is 6.29 Å². The molecule has 1 aromatic carbocycles. The maximum Gasteiger partial charge on any atom is 0.153 e. The largest absolute Gasteiger partial charge is 0.298 e. The summed E-state index contributed by atoms with van der Waals surface area (Å²) in [5.74, 6) is 1.45. The standard InChI is InChI=1S/C13H12N2OS/c1-10-4-2-3-5-12(10)17-9-13-14-6-11(8-16)7-15-13/h2-8H,9H2,1H3. The quantitative estimate of drug-likeness (QED) is 0.612. The Morgan fingerprint density at radius 2 is 1.94 bits per heavy atom. The maximum absolute atomic E-state index is 10.5. The van der Waals surface area contributed by atoms with Gasteiger partial charge >= 0.3 is 0 Å². The second-order valence-electron chi connectivity index (χ2n) is 3.60. The number of aromatic nitrogens is 2. The molecule has 2 aromatic rings. The molecule has 3 nitrogen and oxygen atoms in total. The molecule has 0 bridgehead atoms. The van der Waals surface area contributed by atoms with Crippen molar-refractivity contribution in [3.8, 4) is 0 Å². The van der Waals surface area contributed by atoms with Crippen LogP contribution in [-0.4, -0.2) is 16.3 Å². The van der Waals surface area contributed by atoms with E-state index in [0.717, 1.165) is 12.1 Å². The summed E-state index contributed by atoms with van der Waals surface area (Å²) in [6, 6.07) is 8.21. The average molecular weight is 244 g/mol. The van der Waals surface area contributed by atoms with Crippen LogP contribution in [0.4, 0.5) is 0 Å². The van der Waals surface area contributed by atoms with Gasteiger partial charge in [-0.3, -0.25) is 4.79 Å². The number of carbonyl (C=O) groups is 1. The highest BCUT2D eigenvalue weighted by atomic mass is 32.2. The van der Waals surface area contributed by atoms with Gasteiger partial charge in [0.05, 0.1) is 11.3 Å². The molecule has 1 aromatic heterocycles. The van der Waals surface area contributed by atoms with E-state index in [0.29, 0.717) is 11.3 Å². The van der Waals surface area contributed by atoms with E-state index in [4.69, 9.17) is 0 Å². The van der Waals surface area contributed by atoms with Crippen molar-refractivity contribution >= 4 is 18.0 Å². The van der Waals surface area contributed by atoms with Crippen LogP contribution in [0.3, 0.4) is 0 Å². The Morgan fingerprint density at radius 1 is 1.24 bits per heavy atom. The number of aldehydes is 1. The Bertz CT molecular complexity index is 511. The van der Waals surface area contributed by atoms with Gasteiger partial charge in [0.25, 0.3) is 0 Å². The van der Waals surface area contributed by atoms with Crippen LogP contribution in [0.25, 0.3) is 0 Å². The first-order valence-electron chi connectivity index (χ1n) is 5.24. The van der Waals surface area contributed by atoms with E-state index in [1.807, 2.05) is 12.1 Å². The molecule has 0 saturated carbocycles. The number of benzene rings is 1. The van der Waals surface area contributed by atoms with Crippen LogP contribution < -0.4 is 0 Å². The van der Waals surface area contributed by atoms with Crippen molar-refractivity contribution in [2.45, 2.75) is 17.6 Å². The summed E-state index contributed by atoms with van der Waals surface area (Å²) in [5, 5.41) is 0. The molecule has 0 saturated heterocycles. The van der Waals surface area contributed by atoms with Crippen LogP contribution >= 0.6 is 11.8 Å². The number of carbonyl (C=O) groups excluding carboxylic acids is 1. The molecular weight excluding hydrogens is 232 g/mol. The Morgan fingerprint density at radius 3 is 2.59 bits per heavy atom. The number of hydrogen-bond donors (Lipinski definition) is 0. The molecule has 86 valence electrons. The smallest absolute Gasteiger partial charge is 0.153 e. The van der Waals surface area contributed by atoms with E-state index in [9.17, 15) is 4.79 Å². The molecule has 0 spiro atoms. The molecule has 0 unspecified atom stereocenters. The zero-order chi connectivity index (χ0) is 12.1. The molecule has 0 N–H and O–H groups in total. The predicted molar refractivity (Wildman–Crippen MR) is 68.2 cm³/mol. The molecule has 0 aliphatic rings. The number of hydrogen-bond acceptors (Lipinski definition) is 4. The fraction of sp³-hybridized carbons (Fsp3) is 0.154. The average Bonchev–Trinajstić information content (AvgIpc) is 2.38. The Labute approximate surface area is 104 Å². The lowest BCUT2D eigenvalue weighted by Gasteiger charge is -2.04. The Balaban J connectivity index is 2.02.